The Bertz CT molecular complexity index is 878. The number of nitrogens with zero attached hydrogens (tertiary/aromatic N) is 1. The van der Waals surface area contributed by atoms with Gasteiger partial charge in [0.15, 0.2) is 12.4 Å². The van der Waals surface area contributed by atoms with Crippen LogP contribution in [-0.4, -0.2) is 37.3 Å². The third-order valence-corrected chi connectivity index (χ3v) is 4.69. The largest absolute Gasteiger partial charge is 0.484 e. The van der Waals surface area contributed by atoms with E-state index >= 15 is 0 Å². The van der Waals surface area contributed by atoms with Crippen LogP contribution < -0.4 is 15.0 Å². The molecule has 1 heterocycles. The van der Waals surface area contributed by atoms with E-state index in [1.165, 1.54) is 12.5 Å². The molecular weight excluding hydrogens is 356 g/mol. The molecule has 3 rings (SSSR count). The number of carbonyl (C=O) groups excluding carboxylic acids is 3. The predicted molar refractivity (Wildman–Crippen MR) is 107 cm³/mol. The van der Waals surface area contributed by atoms with E-state index in [0.717, 1.165) is 18.7 Å². The van der Waals surface area contributed by atoms with Gasteiger partial charge in [0.25, 0.3) is 5.91 Å². The van der Waals surface area contributed by atoms with E-state index in [-0.39, 0.29) is 24.2 Å². The van der Waals surface area contributed by atoms with Gasteiger partial charge < -0.3 is 15.0 Å². The second-order valence-corrected chi connectivity index (χ2v) is 6.75. The van der Waals surface area contributed by atoms with Crippen molar-refractivity contribution in [3.63, 3.8) is 0 Å². The molecule has 28 heavy (non-hydrogen) atoms. The van der Waals surface area contributed by atoms with Gasteiger partial charge in [-0.25, -0.2) is 0 Å². The van der Waals surface area contributed by atoms with E-state index in [4.69, 9.17) is 4.74 Å². The number of rotatable bonds is 8. The van der Waals surface area contributed by atoms with E-state index in [2.05, 4.69) is 11.4 Å². The Morgan fingerprint density at radius 2 is 1.93 bits per heavy atom. The van der Waals surface area contributed by atoms with Crippen LogP contribution in [0.1, 0.15) is 35.7 Å². The van der Waals surface area contributed by atoms with E-state index < -0.39 is 0 Å². The molecule has 0 radical (unpaired) electrons. The van der Waals surface area contributed by atoms with Gasteiger partial charge in [0.2, 0.25) is 5.91 Å². The molecule has 1 aliphatic rings. The fourth-order valence-electron chi connectivity index (χ4n) is 3.20. The van der Waals surface area contributed by atoms with Crippen molar-refractivity contribution in [1.82, 2.24) is 5.32 Å². The normalized spacial score (nSPS) is 12.4. The van der Waals surface area contributed by atoms with Gasteiger partial charge in [-0.15, -0.1) is 0 Å². The number of amides is 2. The van der Waals surface area contributed by atoms with Gasteiger partial charge >= 0.3 is 0 Å². The van der Waals surface area contributed by atoms with Crippen molar-refractivity contribution in [3.05, 3.63) is 59.7 Å². The Hall–Kier alpha value is -3.15. The first kappa shape index (κ1) is 19.6. The quantitative estimate of drug-likeness (QED) is 0.564. The monoisotopic (exact) mass is 380 g/mol. The summed E-state index contributed by atoms with van der Waals surface area (Å²) in [4.78, 5) is 37.5. The molecule has 2 aromatic rings. The van der Waals surface area contributed by atoms with Gasteiger partial charge in [-0.05, 0) is 43.5 Å². The van der Waals surface area contributed by atoms with Crippen LogP contribution in [0.2, 0.25) is 0 Å². The van der Waals surface area contributed by atoms with Crippen molar-refractivity contribution in [2.45, 2.75) is 26.2 Å². The van der Waals surface area contributed by atoms with Gasteiger partial charge in [0, 0.05) is 30.8 Å². The van der Waals surface area contributed by atoms with Gasteiger partial charge in [0.1, 0.15) is 5.75 Å². The highest BCUT2D eigenvalue weighted by Gasteiger charge is 2.23. The topological polar surface area (TPSA) is 75.7 Å². The second kappa shape index (κ2) is 9.17. The Kier molecular flexibility index (Phi) is 6.42. The van der Waals surface area contributed by atoms with E-state index in [1.807, 2.05) is 23.1 Å². The standard InChI is InChI=1S/C22H24N2O4/c1-16(25)18-7-4-8-19(14-18)28-15-21(26)23-12-5-10-22(27)24-13-11-17-6-2-3-9-20(17)24/h2-4,6-9,14H,5,10-13,15H2,1H3,(H,23,26). The smallest absolute Gasteiger partial charge is 0.257 e. The fraction of sp³-hybridized carbons (Fsp3) is 0.318. The van der Waals surface area contributed by atoms with Gasteiger partial charge in [-0.2, -0.15) is 0 Å². The lowest BCUT2D eigenvalue weighted by Gasteiger charge is -2.17. The van der Waals surface area contributed by atoms with E-state index in [9.17, 15) is 14.4 Å². The molecule has 0 atom stereocenters. The van der Waals surface area contributed by atoms with Crippen LogP contribution in [0.5, 0.6) is 5.75 Å². The van der Waals surface area contributed by atoms with Crippen LogP contribution in [0.15, 0.2) is 48.5 Å². The van der Waals surface area contributed by atoms with E-state index in [0.29, 0.717) is 30.7 Å². The lowest BCUT2D eigenvalue weighted by Crippen LogP contribution is -2.32. The number of hydrogen-bond acceptors (Lipinski definition) is 4. The molecule has 6 heteroatoms. The molecule has 0 bridgehead atoms. The molecule has 0 saturated heterocycles. The average molecular weight is 380 g/mol. The molecule has 0 unspecified atom stereocenters. The zero-order valence-electron chi connectivity index (χ0n) is 15.9. The maximum atomic E-state index is 12.4. The summed E-state index contributed by atoms with van der Waals surface area (Å²) >= 11 is 0. The van der Waals surface area contributed by atoms with Crippen molar-refractivity contribution in [3.8, 4) is 5.75 Å². The third-order valence-electron chi connectivity index (χ3n) is 4.69. The molecular formula is C22H24N2O4. The Balaban J connectivity index is 1.36. The number of hydrogen-bond donors (Lipinski definition) is 1. The van der Waals surface area contributed by atoms with Crippen LogP contribution in [0.3, 0.4) is 0 Å². The molecule has 0 aliphatic carbocycles. The molecule has 1 N–H and O–H groups in total. The van der Waals surface area contributed by atoms with Crippen molar-refractivity contribution >= 4 is 23.3 Å². The molecule has 0 fully saturated rings. The van der Waals surface area contributed by atoms with Crippen LogP contribution in [-0.2, 0) is 16.0 Å². The zero-order valence-corrected chi connectivity index (χ0v) is 15.9. The second-order valence-electron chi connectivity index (χ2n) is 6.75. The first-order valence-electron chi connectivity index (χ1n) is 9.43. The number of Topliss-reactive ketones (excluding diaryl/α,β-unsaturated/α-hetero) is 1. The van der Waals surface area contributed by atoms with Gasteiger partial charge in [0.05, 0.1) is 0 Å². The van der Waals surface area contributed by atoms with Crippen LogP contribution in [0, 0.1) is 0 Å². The highest BCUT2D eigenvalue weighted by Crippen LogP contribution is 2.27. The summed E-state index contributed by atoms with van der Waals surface area (Å²) in [5.41, 5.74) is 2.74. The Morgan fingerprint density at radius 1 is 1.11 bits per heavy atom. The average Bonchev–Trinajstić information content (AvgIpc) is 3.14. The minimum Gasteiger partial charge on any atom is -0.484 e. The summed E-state index contributed by atoms with van der Waals surface area (Å²) in [5, 5.41) is 2.75. The SMILES string of the molecule is CC(=O)c1cccc(OCC(=O)NCCCC(=O)N2CCc3ccccc32)c1. The van der Waals surface area contributed by atoms with Gasteiger partial charge in [-0.3, -0.25) is 14.4 Å². The minimum atomic E-state index is -0.257. The number of nitrogens with one attached hydrogen (secondary N) is 1. The molecule has 2 aromatic carbocycles. The Morgan fingerprint density at radius 3 is 2.75 bits per heavy atom. The summed E-state index contributed by atoms with van der Waals surface area (Å²) < 4.78 is 5.42. The zero-order chi connectivity index (χ0) is 19.9. The molecule has 146 valence electrons. The van der Waals surface area contributed by atoms with Crippen molar-refractivity contribution < 1.29 is 19.1 Å². The fourth-order valence-corrected chi connectivity index (χ4v) is 3.20. The summed E-state index contributed by atoms with van der Waals surface area (Å²) in [7, 11) is 0. The Labute approximate surface area is 164 Å². The van der Waals surface area contributed by atoms with Crippen molar-refractivity contribution in [2.75, 3.05) is 24.6 Å². The highest BCUT2D eigenvalue weighted by molar-refractivity contribution is 5.95. The molecule has 6 nitrogen and oxygen atoms in total. The summed E-state index contributed by atoms with van der Waals surface area (Å²) in [5.74, 6) is 0.245. The molecule has 1 aliphatic heterocycles. The number of para-hydroxylation sites is 1. The predicted octanol–water partition coefficient (Wildman–Crippen LogP) is 2.75. The first-order chi connectivity index (χ1) is 13.5. The van der Waals surface area contributed by atoms with Crippen LogP contribution in [0.4, 0.5) is 5.69 Å². The molecule has 2 amide bonds. The molecule has 0 aromatic heterocycles. The number of fused-ring (bicyclic) bond motifs is 1. The minimum absolute atomic E-state index is 0.0554. The number of carbonyl (C=O) groups is 3. The number of ketones is 1. The third kappa shape index (κ3) is 4.97. The summed E-state index contributed by atoms with van der Waals surface area (Å²) in [6.45, 7) is 2.48. The lowest BCUT2D eigenvalue weighted by atomic mass is 10.1. The van der Waals surface area contributed by atoms with Crippen molar-refractivity contribution in [1.29, 1.82) is 0 Å². The lowest BCUT2D eigenvalue weighted by molar-refractivity contribution is -0.123. The van der Waals surface area contributed by atoms with Crippen molar-refractivity contribution in [2.24, 2.45) is 0 Å². The first-order valence-corrected chi connectivity index (χ1v) is 9.43. The van der Waals surface area contributed by atoms with Crippen LogP contribution >= 0.6 is 0 Å². The highest BCUT2D eigenvalue weighted by atomic mass is 16.5. The number of benzene rings is 2. The number of ether oxygens (including phenoxy) is 1. The molecule has 0 spiro atoms. The number of anilines is 1. The van der Waals surface area contributed by atoms with Gasteiger partial charge in [-0.1, -0.05) is 30.3 Å². The maximum absolute atomic E-state index is 12.4. The summed E-state index contributed by atoms with van der Waals surface area (Å²) in [6, 6.07) is 14.7. The molecule has 0 saturated carbocycles. The maximum Gasteiger partial charge on any atom is 0.257 e. The summed E-state index contributed by atoms with van der Waals surface area (Å²) in [6.07, 6.45) is 1.85. The van der Waals surface area contributed by atoms with E-state index in [1.54, 1.807) is 24.3 Å². The van der Waals surface area contributed by atoms with Crippen LogP contribution in [0.25, 0.3) is 0 Å².